The van der Waals surface area contributed by atoms with Crippen LogP contribution in [0.5, 0.6) is 5.75 Å². The Bertz CT molecular complexity index is 349. The topological polar surface area (TPSA) is 38.7 Å². The van der Waals surface area contributed by atoms with E-state index in [1.54, 1.807) is 0 Å². The number of rotatable bonds is 4. The number of hydrogen-bond donors (Lipinski definition) is 1. The fraction of sp³-hybridized carbons (Fsp3) is 0.333. The Labute approximate surface area is 89.6 Å². The first-order valence-corrected chi connectivity index (χ1v) is 4.77. The zero-order valence-corrected chi connectivity index (χ0v) is 8.69. The van der Waals surface area contributed by atoms with Gasteiger partial charge >= 0.3 is 0 Å². The molecule has 1 rings (SSSR count). The molecule has 0 amide bonds. The molecule has 0 aliphatic rings. The van der Waals surface area contributed by atoms with E-state index in [1.807, 2.05) is 31.2 Å². The van der Waals surface area contributed by atoms with Gasteiger partial charge in [-0.2, -0.15) is 0 Å². The van der Waals surface area contributed by atoms with Gasteiger partial charge in [0.1, 0.15) is 12.4 Å². The quantitative estimate of drug-likeness (QED) is 0.460. The minimum Gasteiger partial charge on any atom is -0.468 e. The lowest BCUT2D eigenvalue weighted by Gasteiger charge is -2.05. The zero-order chi connectivity index (χ0) is 10.9. The molecule has 1 aromatic rings. The standard InChI is InChI=1S/C12H14O3/c1-2-14-10-15-12-7-3-5-11(9-12)6-4-8-13/h3,5,7,9,13H,2,8,10H2,1H3. The highest BCUT2D eigenvalue weighted by atomic mass is 16.7. The monoisotopic (exact) mass is 206 g/mol. The van der Waals surface area contributed by atoms with Crippen LogP contribution < -0.4 is 4.74 Å². The molecule has 80 valence electrons. The van der Waals surface area contributed by atoms with E-state index < -0.39 is 0 Å². The molecule has 0 heterocycles. The van der Waals surface area contributed by atoms with Gasteiger partial charge in [-0.1, -0.05) is 17.9 Å². The van der Waals surface area contributed by atoms with E-state index in [9.17, 15) is 0 Å². The summed E-state index contributed by atoms with van der Waals surface area (Å²) in [4.78, 5) is 0. The molecular weight excluding hydrogens is 192 g/mol. The number of ether oxygens (including phenoxy) is 2. The first kappa shape index (κ1) is 11.6. The molecule has 0 aliphatic carbocycles. The summed E-state index contributed by atoms with van der Waals surface area (Å²) in [6.45, 7) is 2.65. The fourth-order valence-electron chi connectivity index (χ4n) is 0.998. The number of aliphatic hydroxyl groups is 1. The van der Waals surface area contributed by atoms with E-state index >= 15 is 0 Å². The summed E-state index contributed by atoms with van der Waals surface area (Å²) < 4.78 is 10.4. The number of hydrogen-bond acceptors (Lipinski definition) is 3. The molecule has 1 N–H and O–H groups in total. The summed E-state index contributed by atoms with van der Waals surface area (Å²) in [5.41, 5.74) is 0.818. The van der Waals surface area contributed by atoms with Crippen molar-refractivity contribution in [2.24, 2.45) is 0 Å². The third-order valence-electron chi connectivity index (χ3n) is 1.66. The molecule has 1 aromatic carbocycles. The van der Waals surface area contributed by atoms with Crippen LogP contribution in [0.25, 0.3) is 0 Å². The molecule has 3 nitrogen and oxygen atoms in total. The Morgan fingerprint density at radius 2 is 2.27 bits per heavy atom. The molecule has 0 spiro atoms. The van der Waals surface area contributed by atoms with Crippen molar-refractivity contribution in [1.29, 1.82) is 0 Å². The molecular formula is C12H14O3. The SMILES string of the molecule is CCOCOc1cccc(C#CCO)c1. The third kappa shape index (κ3) is 4.50. The van der Waals surface area contributed by atoms with Crippen molar-refractivity contribution in [1.82, 2.24) is 0 Å². The lowest BCUT2D eigenvalue weighted by atomic mass is 10.2. The van der Waals surface area contributed by atoms with E-state index in [0.717, 1.165) is 5.56 Å². The Hall–Kier alpha value is -1.50. The first-order chi connectivity index (χ1) is 7.36. The maximum atomic E-state index is 8.55. The minimum atomic E-state index is -0.135. The Balaban J connectivity index is 2.57. The van der Waals surface area contributed by atoms with Crippen LogP contribution in [0.15, 0.2) is 24.3 Å². The van der Waals surface area contributed by atoms with Crippen molar-refractivity contribution in [3.8, 4) is 17.6 Å². The van der Waals surface area contributed by atoms with Crippen LogP contribution in [-0.4, -0.2) is 25.1 Å². The van der Waals surface area contributed by atoms with Crippen LogP contribution in [-0.2, 0) is 4.74 Å². The summed E-state index contributed by atoms with van der Waals surface area (Å²) in [7, 11) is 0. The summed E-state index contributed by atoms with van der Waals surface area (Å²) >= 11 is 0. The van der Waals surface area contributed by atoms with Crippen LogP contribution in [0.2, 0.25) is 0 Å². The van der Waals surface area contributed by atoms with Gasteiger partial charge < -0.3 is 14.6 Å². The van der Waals surface area contributed by atoms with Gasteiger partial charge in [0.2, 0.25) is 0 Å². The van der Waals surface area contributed by atoms with Gasteiger partial charge in [-0.3, -0.25) is 0 Å². The highest BCUT2D eigenvalue weighted by Crippen LogP contribution is 2.12. The lowest BCUT2D eigenvalue weighted by Crippen LogP contribution is -2.01. The summed E-state index contributed by atoms with van der Waals surface area (Å²) in [5.74, 6) is 6.10. The van der Waals surface area contributed by atoms with E-state index in [-0.39, 0.29) is 13.4 Å². The van der Waals surface area contributed by atoms with Gasteiger partial charge in [-0.05, 0) is 25.1 Å². The van der Waals surface area contributed by atoms with Gasteiger partial charge in [-0.15, -0.1) is 0 Å². The summed E-state index contributed by atoms with van der Waals surface area (Å²) in [5, 5.41) is 8.55. The van der Waals surface area contributed by atoms with Crippen molar-refractivity contribution in [2.45, 2.75) is 6.92 Å². The molecule has 0 radical (unpaired) electrons. The molecule has 3 heteroatoms. The van der Waals surface area contributed by atoms with E-state index in [2.05, 4.69) is 11.8 Å². The lowest BCUT2D eigenvalue weighted by molar-refractivity contribution is 0.0224. The van der Waals surface area contributed by atoms with E-state index in [4.69, 9.17) is 14.6 Å². The third-order valence-corrected chi connectivity index (χ3v) is 1.66. The van der Waals surface area contributed by atoms with E-state index in [1.165, 1.54) is 0 Å². The number of aliphatic hydroxyl groups excluding tert-OH is 1. The first-order valence-electron chi connectivity index (χ1n) is 4.77. The average molecular weight is 206 g/mol. The Morgan fingerprint density at radius 3 is 3.00 bits per heavy atom. The maximum absolute atomic E-state index is 8.55. The second-order valence-corrected chi connectivity index (χ2v) is 2.74. The normalized spacial score (nSPS) is 9.20. The molecule has 0 saturated heterocycles. The van der Waals surface area contributed by atoms with Crippen LogP contribution >= 0.6 is 0 Å². The van der Waals surface area contributed by atoms with E-state index in [0.29, 0.717) is 12.4 Å². The largest absolute Gasteiger partial charge is 0.468 e. The van der Waals surface area contributed by atoms with Crippen molar-refractivity contribution in [3.63, 3.8) is 0 Å². The van der Waals surface area contributed by atoms with Crippen LogP contribution in [0.1, 0.15) is 12.5 Å². The van der Waals surface area contributed by atoms with Gasteiger partial charge in [0.25, 0.3) is 0 Å². The molecule has 15 heavy (non-hydrogen) atoms. The molecule has 0 bridgehead atoms. The zero-order valence-electron chi connectivity index (χ0n) is 8.69. The van der Waals surface area contributed by atoms with Gasteiger partial charge in [-0.25, -0.2) is 0 Å². The van der Waals surface area contributed by atoms with Gasteiger partial charge in [0, 0.05) is 12.2 Å². The Kier molecular flexibility index (Phi) is 5.31. The van der Waals surface area contributed by atoms with Crippen molar-refractivity contribution < 1.29 is 14.6 Å². The molecule has 0 atom stereocenters. The molecule has 0 fully saturated rings. The average Bonchev–Trinajstić information content (AvgIpc) is 2.27. The molecule has 0 aromatic heterocycles. The van der Waals surface area contributed by atoms with Crippen LogP contribution in [0.3, 0.4) is 0 Å². The smallest absolute Gasteiger partial charge is 0.189 e. The number of benzene rings is 1. The summed E-state index contributed by atoms with van der Waals surface area (Å²) in [6.07, 6.45) is 0. The maximum Gasteiger partial charge on any atom is 0.189 e. The van der Waals surface area contributed by atoms with Gasteiger partial charge in [0.15, 0.2) is 6.79 Å². The second-order valence-electron chi connectivity index (χ2n) is 2.74. The Morgan fingerprint density at radius 1 is 1.40 bits per heavy atom. The van der Waals surface area contributed by atoms with Crippen LogP contribution in [0, 0.1) is 11.8 Å². The predicted molar refractivity (Wildman–Crippen MR) is 57.5 cm³/mol. The highest BCUT2D eigenvalue weighted by Gasteiger charge is 1.93. The predicted octanol–water partition coefficient (Wildman–Crippen LogP) is 1.40. The molecule has 0 unspecified atom stereocenters. The second kappa shape index (κ2) is 6.88. The highest BCUT2D eigenvalue weighted by molar-refractivity contribution is 5.39. The molecule has 0 saturated carbocycles. The van der Waals surface area contributed by atoms with Gasteiger partial charge in [0.05, 0.1) is 0 Å². The fourth-order valence-corrected chi connectivity index (χ4v) is 0.998. The van der Waals surface area contributed by atoms with Crippen LogP contribution in [0.4, 0.5) is 0 Å². The summed E-state index contributed by atoms with van der Waals surface area (Å²) in [6, 6.07) is 7.35. The van der Waals surface area contributed by atoms with Crippen molar-refractivity contribution in [2.75, 3.05) is 20.0 Å². The minimum absolute atomic E-state index is 0.135. The van der Waals surface area contributed by atoms with Crippen molar-refractivity contribution >= 4 is 0 Å². The van der Waals surface area contributed by atoms with Crippen molar-refractivity contribution in [3.05, 3.63) is 29.8 Å². The molecule has 0 aliphatic heterocycles.